The summed E-state index contributed by atoms with van der Waals surface area (Å²) < 4.78 is 10.7. The van der Waals surface area contributed by atoms with Gasteiger partial charge in [0.1, 0.15) is 17.3 Å². The van der Waals surface area contributed by atoms with E-state index in [2.05, 4.69) is 0 Å². The van der Waals surface area contributed by atoms with Crippen LogP contribution >= 0.6 is 0 Å². The molecule has 0 saturated carbocycles. The van der Waals surface area contributed by atoms with E-state index in [1.54, 1.807) is 7.11 Å². The van der Waals surface area contributed by atoms with Crippen molar-refractivity contribution >= 4 is 0 Å². The lowest BCUT2D eigenvalue weighted by Crippen LogP contribution is -2.12. The molecule has 0 radical (unpaired) electrons. The monoisotopic (exact) mass is 231 g/mol. The van der Waals surface area contributed by atoms with E-state index >= 15 is 0 Å². The van der Waals surface area contributed by atoms with Crippen LogP contribution < -0.4 is 10.5 Å². The highest BCUT2D eigenvalue weighted by molar-refractivity contribution is 5.29. The van der Waals surface area contributed by atoms with Gasteiger partial charge in [-0.1, -0.05) is 12.1 Å². The SMILES string of the molecule is COc1cccc(CC(N)c2ccc(C)o2)c1. The molecule has 1 atom stereocenters. The largest absolute Gasteiger partial charge is 0.497 e. The van der Waals surface area contributed by atoms with Crippen molar-refractivity contribution in [1.82, 2.24) is 0 Å². The molecule has 1 unspecified atom stereocenters. The minimum absolute atomic E-state index is 0.115. The van der Waals surface area contributed by atoms with E-state index in [0.717, 1.165) is 29.3 Å². The quantitative estimate of drug-likeness (QED) is 0.880. The fourth-order valence-electron chi connectivity index (χ4n) is 1.81. The van der Waals surface area contributed by atoms with Crippen molar-refractivity contribution in [2.24, 2.45) is 5.73 Å². The van der Waals surface area contributed by atoms with Crippen molar-refractivity contribution in [2.75, 3.05) is 7.11 Å². The Labute approximate surface area is 101 Å². The molecule has 1 aromatic heterocycles. The lowest BCUT2D eigenvalue weighted by Gasteiger charge is -2.09. The molecule has 0 amide bonds. The van der Waals surface area contributed by atoms with Crippen molar-refractivity contribution in [3.05, 3.63) is 53.5 Å². The standard InChI is InChI=1S/C14H17NO2/c1-10-6-7-14(17-10)13(15)9-11-4-3-5-12(8-11)16-2/h3-8,13H,9,15H2,1-2H3. The predicted molar refractivity (Wildman–Crippen MR) is 67.1 cm³/mol. The Morgan fingerprint density at radius 2 is 2.12 bits per heavy atom. The van der Waals surface area contributed by atoms with Crippen molar-refractivity contribution in [3.8, 4) is 5.75 Å². The zero-order valence-corrected chi connectivity index (χ0v) is 10.1. The van der Waals surface area contributed by atoms with E-state index in [1.807, 2.05) is 43.3 Å². The highest BCUT2D eigenvalue weighted by Crippen LogP contribution is 2.20. The third kappa shape index (κ3) is 2.88. The van der Waals surface area contributed by atoms with Crippen LogP contribution in [0.4, 0.5) is 0 Å². The van der Waals surface area contributed by atoms with Gasteiger partial charge < -0.3 is 14.9 Å². The first-order chi connectivity index (χ1) is 8.19. The molecule has 2 N–H and O–H groups in total. The average Bonchev–Trinajstić information content (AvgIpc) is 2.76. The summed E-state index contributed by atoms with van der Waals surface area (Å²) >= 11 is 0. The Morgan fingerprint density at radius 1 is 1.29 bits per heavy atom. The topological polar surface area (TPSA) is 48.4 Å². The molecule has 0 aliphatic rings. The van der Waals surface area contributed by atoms with Gasteiger partial charge in [0.15, 0.2) is 0 Å². The van der Waals surface area contributed by atoms with E-state index in [4.69, 9.17) is 14.9 Å². The molecule has 17 heavy (non-hydrogen) atoms. The first-order valence-corrected chi connectivity index (χ1v) is 5.64. The van der Waals surface area contributed by atoms with Crippen LogP contribution in [0.15, 0.2) is 40.8 Å². The summed E-state index contributed by atoms with van der Waals surface area (Å²) in [6, 6.07) is 11.7. The van der Waals surface area contributed by atoms with E-state index in [9.17, 15) is 0 Å². The van der Waals surface area contributed by atoms with Gasteiger partial charge in [0.05, 0.1) is 13.2 Å². The van der Waals surface area contributed by atoms with Crippen LogP contribution in [0.3, 0.4) is 0 Å². The van der Waals surface area contributed by atoms with Gasteiger partial charge in [0.2, 0.25) is 0 Å². The molecule has 1 heterocycles. The van der Waals surface area contributed by atoms with E-state index in [1.165, 1.54) is 0 Å². The second kappa shape index (κ2) is 5.06. The van der Waals surface area contributed by atoms with Crippen molar-refractivity contribution in [1.29, 1.82) is 0 Å². The molecular weight excluding hydrogens is 214 g/mol. The normalized spacial score (nSPS) is 12.4. The Kier molecular flexibility index (Phi) is 3.49. The number of methoxy groups -OCH3 is 1. The van der Waals surface area contributed by atoms with Gasteiger partial charge in [-0.25, -0.2) is 0 Å². The summed E-state index contributed by atoms with van der Waals surface area (Å²) in [7, 11) is 1.66. The molecule has 0 fully saturated rings. The summed E-state index contributed by atoms with van der Waals surface area (Å²) in [6.07, 6.45) is 0.740. The predicted octanol–water partition coefficient (Wildman–Crippen LogP) is 2.84. The Morgan fingerprint density at radius 3 is 2.76 bits per heavy atom. The second-order valence-corrected chi connectivity index (χ2v) is 4.11. The van der Waals surface area contributed by atoms with Crippen LogP contribution in [-0.2, 0) is 6.42 Å². The minimum atomic E-state index is -0.115. The van der Waals surface area contributed by atoms with E-state index in [0.29, 0.717) is 0 Å². The summed E-state index contributed by atoms with van der Waals surface area (Å²) in [5.74, 6) is 2.57. The van der Waals surface area contributed by atoms with Gasteiger partial charge in [-0.05, 0) is 43.2 Å². The summed E-state index contributed by atoms with van der Waals surface area (Å²) in [5, 5.41) is 0. The van der Waals surface area contributed by atoms with Crippen LogP contribution in [0.5, 0.6) is 5.75 Å². The van der Waals surface area contributed by atoms with E-state index in [-0.39, 0.29) is 6.04 Å². The Hall–Kier alpha value is -1.74. The molecule has 2 rings (SSSR count). The van der Waals surface area contributed by atoms with Crippen molar-refractivity contribution in [2.45, 2.75) is 19.4 Å². The maximum atomic E-state index is 6.10. The molecule has 90 valence electrons. The van der Waals surface area contributed by atoms with Gasteiger partial charge in [0.25, 0.3) is 0 Å². The maximum Gasteiger partial charge on any atom is 0.121 e. The van der Waals surface area contributed by atoms with Crippen LogP contribution in [0.1, 0.15) is 23.1 Å². The highest BCUT2D eigenvalue weighted by atomic mass is 16.5. The van der Waals surface area contributed by atoms with Crippen molar-refractivity contribution < 1.29 is 9.15 Å². The van der Waals surface area contributed by atoms with Crippen LogP contribution in [0.2, 0.25) is 0 Å². The molecule has 0 aliphatic heterocycles. The molecule has 0 saturated heterocycles. The van der Waals surface area contributed by atoms with Gasteiger partial charge in [-0.3, -0.25) is 0 Å². The molecule has 0 spiro atoms. The summed E-state index contributed by atoms with van der Waals surface area (Å²) in [5.41, 5.74) is 7.24. The summed E-state index contributed by atoms with van der Waals surface area (Å²) in [4.78, 5) is 0. The Balaban J connectivity index is 2.09. The Bertz CT molecular complexity index is 490. The second-order valence-electron chi connectivity index (χ2n) is 4.11. The number of hydrogen-bond acceptors (Lipinski definition) is 3. The number of aryl methyl sites for hydroxylation is 1. The zero-order chi connectivity index (χ0) is 12.3. The molecule has 0 bridgehead atoms. The molecule has 1 aromatic carbocycles. The maximum absolute atomic E-state index is 6.10. The highest BCUT2D eigenvalue weighted by Gasteiger charge is 2.11. The summed E-state index contributed by atoms with van der Waals surface area (Å²) in [6.45, 7) is 1.92. The smallest absolute Gasteiger partial charge is 0.121 e. The third-order valence-electron chi connectivity index (χ3n) is 2.72. The van der Waals surface area contributed by atoms with Gasteiger partial charge in [0, 0.05) is 0 Å². The minimum Gasteiger partial charge on any atom is -0.497 e. The number of rotatable bonds is 4. The zero-order valence-electron chi connectivity index (χ0n) is 10.1. The molecule has 0 aliphatic carbocycles. The van der Waals surface area contributed by atoms with Gasteiger partial charge in [-0.2, -0.15) is 0 Å². The van der Waals surface area contributed by atoms with E-state index < -0.39 is 0 Å². The fraction of sp³-hybridized carbons (Fsp3) is 0.286. The average molecular weight is 231 g/mol. The lowest BCUT2D eigenvalue weighted by molar-refractivity contribution is 0.413. The molecule has 3 nitrogen and oxygen atoms in total. The van der Waals surface area contributed by atoms with Gasteiger partial charge >= 0.3 is 0 Å². The first-order valence-electron chi connectivity index (χ1n) is 5.64. The first kappa shape index (κ1) is 11.7. The van der Waals surface area contributed by atoms with Gasteiger partial charge in [-0.15, -0.1) is 0 Å². The third-order valence-corrected chi connectivity index (χ3v) is 2.72. The molecule has 3 heteroatoms. The number of ether oxygens (including phenoxy) is 1. The number of furan rings is 1. The number of nitrogens with two attached hydrogens (primary N) is 1. The van der Waals surface area contributed by atoms with Crippen LogP contribution in [0.25, 0.3) is 0 Å². The number of hydrogen-bond donors (Lipinski definition) is 1. The van der Waals surface area contributed by atoms with Crippen molar-refractivity contribution in [3.63, 3.8) is 0 Å². The number of benzene rings is 1. The molecule has 2 aromatic rings. The lowest BCUT2D eigenvalue weighted by atomic mass is 10.0. The molecular formula is C14H17NO2. The fourth-order valence-corrected chi connectivity index (χ4v) is 1.81. The van der Waals surface area contributed by atoms with Crippen LogP contribution in [0, 0.1) is 6.92 Å². The van der Waals surface area contributed by atoms with Crippen LogP contribution in [-0.4, -0.2) is 7.11 Å².